The zero-order valence-electron chi connectivity index (χ0n) is 13.3. The van der Waals surface area contributed by atoms with Gasteiger partial charge >= 0.3 is 0 Å². The highest BCUT2D eigenvalue weighted by Crippen LogP contribution is 2.66. The van der Waals surface area contributed by atoms with Crippen molar-refractivity contribution in [3.63, 3.8) is 0 Å². The Kier molecular flexibility index (Phi) is 2.52. The van der Waals surface area contributed by atoms with Crippen molar-refractivity contribution in [2.24, 2.45) is 28.6 Å². The van der Waals surface area contributed by atoms with Crippen molar-refractivity contribution < 1.29 is 14.3 Å². The average Bonchev–Trinajstić information content (AvgIpc) is 2.94. The van der Waals surface area contributed by atoms with Crippen LogP contribution in [0.1, 0.15) is 51.9 Å². The first kappa shape index (κ1) is 13.5. The summed E-state index contributed by atoms with van der Waals surface area (Å²) in [7, 11) is 0. The van der Waals surface area contributed by atoms with Crippen LogP contribution in [0.2, 0.25) is 0 Å². The lowest BCUT2D eigenvalue weighted by Crippen LogP contribution is -2.52. The van der Waals surface area contributed by atoms with Crippen molar-refractivity contribution in [1.82, 2.24) is 0 Å². The second-order valence-electron chi connectivity index (χ2n) is 8.55. The minimum Gasteiger partial charge on any atom is -0.373 e. The molecular formula is C19H24O3. The second-order valence-corrected chi connectivity index (χ2v) is 8.55. The van der Waals surface area contributed by atoms with Crippen LogP contribution in [0.15, 0.2) is 11.6 Å². The number of hydrogen-bond acceptors (Lipinski definition) is 3. The zero-order chi connectivity index (χ0) is 15.1. The number of fused-ring (bicyclic) bond motifs is 3. The predicted molar refractivity (Wildman–Crippen MR) is 81.2 cm³/mol. The van der Waals surface area contributed by atoms with E-state index < -0.39 is 0 Å². The topological polar surface area (TPSA) is 43.4 Å². The van der Waals surface area contributed by atoms with Crippen LogP contribution < -0.4 is 0 Å². The van der Waals surface area contributed by atoms with E-state index in [0.717, 1.165) is 45.1 Å². The summed E-state index contributed by atoms with van der Waals surface area (Å²) < 4.78 is 6.16. The van der Waals surface area contributed by atoms with Crippen LogP contribution in [0.3, 0.4) is 0 Å². The number of ketones is 2. The minimum atomic E-state index is -0.0665. The quantitative estimate of drug-likeness (QED) is 0.690. The SMILES string of the molecule is CC12CCC3C(CC4OCC35CCC(=O)C=C45)C1CCC2=O. The Labute approximate surface area is 131 Å². The summed E-state index contributed by atoms with van der Waals surface area (Å²) in [6.07, 6.45) is 8.83. The van der Waals surface area contributed by atoms with Gasteiger partial charge in [0.2, 0.25) is 0 Å². The second kappa shape index (κ2) is 4.11. The largest absolute Gasteiger partial charge is 0.373 e. The van der Waals surface area contributed by atoms with Gasteiger partial charge in [0.25, 0.3) is 0 Å². The van der Waals surface area contributed by atoms with E-state index in [0.29, 0.717) is 30.0 Å². The maximum atomic E-state index is 12.4. The molecule has 0 aromatic carbocycles. The van der Waals surface area contributed by atoms with E-state index in [-0.39, 0.29) is 22.7 Å². The van der Waals surface area contributed by atoms with E-state index in [1.807, 2.05) is 6.08 Å². The molecule has 1 saturated heterocycles. The van der Waals surface area contributed by atoms with Crippen molar-refractivity contribution in [3.8, 4) is 0 Å². The third kappa shape index (κ3) is 1.42. The van der Waals surface area contributed by atoms with E-state index in [1.54, 1.807) is 0 Å². The molecule has 1 aliphatic heterocycles. The molecule has 3 saturated carbocycles. The molecule has 0 radical (unpaired) electrons. The van der Waals surface area contributed by atoms with Gasteiger partial charge in [-0.05, 0) is 61.5 Å². The summed E-state index contributed by atoms with van der Waals surface area (Å²) in [6, 6.07) is 0. The Morgan fingerprint density at radius 1 is 1.14 bits per heavy atom. The zero-order valence-corrected chi connectivity index (χ0v) is 13.3. The molecule has 5 aliphatic rings. The Morgan fingerprint density at radius 2 is 2.00 bits per heavy atom. The fraction of sp³-hybridized carbons (Fsp3) is 0.789. The first-order valence-electron chi connectivity index (χ1n) is 8.94. The number of rotatable bonds is 0. The van der Waals surface area contributed by atoms with Gasteiger partial charge in [0.15, 0.2) is 5.78 Å². The Hall–Kier alpha value is -0.960. The van der Waals surface area contributed by atoms with Gasteiger partial charge in [0.05, 0.1) is 12.7 Å². The molecule has 0 aromatic rings. The van der Waals surface area contributed by atoms with Gasteiger partial charge in [-0.25, -0.2) is 0 Å². The van der Waals surface area contributed by atoms with Gasteiger partial charge in [-0.15, -0.1) is 0 Å². The maximum Gasteiger partial charge on any atom is 0.155 e. The molecule has 22 heavy (non-hydrogen) atoms. The van der Waals surface area contributed by atoms with Crippen molar-refractivity contribution >= 4 is 11.6 Å². The molecule has 0 spiro atoms. The van der Waals surface area contributed by atoms with Crippen LogP contribution in [0.4, 0.5) is 0 Å². The fourth-order valence-electron chi connectivity index (χ4n) is 6.81. The Bertz CT molecular complexity index is 606. The van der Waals surface area contributed by atoms with E-state index in [2.05, 4.69) is 6.92 Å². The number of ether oxygens (including phenoxy) is 1. The lowest BCUT2D eigenvalue weighted by Gasteiger charge is -2.55. The summed E-state index contributed by atoms with van der Waals surface area (Å²) in [6.45, 7) is 3.04. The molecule has 0 amide bonds. The molecular weight excluding hydrogens is 276 g/mol. The summed E-state index contributed by atoms with van der Waals surface area (Å²) in [5, 5.41) is 0. The first-order chi connectivity index (χ1) is 10.5. The maximum absolute atomic E-state index is 12.4. The van der Waals surface area contributed by atoms with Crippen molar-refractivity contribution in [2.45, 2.75) is 58.0 Å². The average molecular weight is 300 g/mol. The Morgan fingerprint density at radius 3 is 2.86 bits per heavy atom. The molecule has 5 rings (SSSR count). The number of carbonyl (C=O) groups is 2. The summed E-state index contributed by atoms with van der Waals surface area (Å²) in [4.78, 5) is 24.3. The van der Waals surface area contributed by atoms with E-state index in [4.69, 9.17) is 4.74 Å². The third-order valence-corrected chi connectivity index (χ3v) is 7.94. The monoisotopic (exact) mass is 300 g/mol. The highest BCUT2D eigenvalue weighted by atomic mass is 16.5. The molecule has 0 N–H and O–H groups in total. The van der Waals surface area contributed by atoms with Gasteiger partial charge in [-0.3, -0.25) is 9.59 Å². The molecule has 4 aliphatic carbocycles. The molecule has 118 valence electrons. The molecule has 6 atom stereocenters. The third-order valence-electron chi connectivity index (χ3n) is 7.94. The molecule has 2 bridgehead atoms. The van der Waals surface area contributed by atoms with Gasteiger partial charge in [-0.1, -0.05) is 6.92 Å². The number of carbonyl (C=O) groups excluding carboxylic acids is 2. The summed E-state index contributed by atoms with van der Waals surface area (Å²) in [5.41, 5.74) is 1.38. The smallest absolute Gasteiger partial charge is 0.155 e. The highest BCUT2D eigenvalue weighted by molar-refractivity contribution is 5.92. The fourth-order valence-corrected chi connectivity index (χ4v) is 6.81. The lowest BCUT2D eigenvalue weighted by atomic mass is 9.47. The molecule has 3 nitrogen and oxygen atoms in total. The van der Waals surface area contributed by atoms with Crippen LogP contribution in [0, 0.1) is 28.6 Å². The summed E-state index contributed by atoms with van der Waals surface area (Å²) >= 11 is 0. The standard InChI is InChI=1S/C19H24O3/c1-18-6-5-14-12(13(18)2-3-17(18)21)9-16-15-8-11(20)4-7-19(14,15)10-22-16/h8,12-14,16H,2-7,9-10H2,1H3. The predicted octanol–water partition coefficient (Wildman–Crippen LogP) is 3.08. The molecule has 6 unspecified atom stereocenters. The molecule has 4 fully saturated rings. The molecule has 1 heterocycles. The molecule has 0 aromatic heterocycles. The van der Waals surface area contributed by atoms with Crippen LogP contribution in [-0.2, 0) is 14.3 Å². The van der Waals surface area contributed by atoms with Crippen LogP contribution in [-0.4, -0.2) is 24.3 Å². The van der Waals surface area contributed by atoms with E-state index in [1.165, 1.54) is 5.57 Å². The van der Waals surface area contributed by atoms with Crippen molar-refractivity contribution in [1.29, 1.82) is 0 Å². The lowest BCUT2D eigenvalue weighted by molar-refractivity contribution is -0.132. The van der Waals surface area contributed by atoms with E-state index in [9.17, 15) is 9.59 Å². The van der Waals surface area contributed by atoms with Gasteiger partial charge in [0.1, 0.15) is 5.78 Å². The van der Waals surface area contributed by atoms with Gasteiger partial charge in [0, 0.05) is 23.7 Å². The van der Waals surface area contributed by atoms with Crippen LogP contribution in [0.5, 0.6) is 0 Å². The highest BCUT2D eigenvalue weighted by Gasteiger charge is 2.64. The van der Waals surface area contributed by atoms with Crippen LogP contribution >= 0.6 is 0 Å². The first-order valence-corrected chi connectivity index (χ1v) is 8.94. The van der Waals surface area contributed by atoms with E-state index >= 15 is 0 Å². The van der Waals surface area contributed by atoms with Crippen molar-refractivity contribution in [3.05, 3.63) is 11.6 Å². The number of Topliss-reactive ketones (excluding diaryl/α,β-unsaturated/α-hetero) is 1. The number of hydrogen-bond donors (Lipinski definition) is 0. The normalized spacial score (nSPS) is 52.9. The summed E-state index contributed by atoms with van der Waals surface area (Å²) in [5.74, 6) is 2.61. The van der Waals surface area contributed by atoms with Crippen molar-refractivity contribution in [2.75, 3.05) is 6.61 Å². The van der Waals surface area contributed by atoms with Gasteiger partial charge < -0.3 is 4.74 Å². The Balaban J connectivity index is 1.58. The van der Waals surface area contributed by atoms with Crippen LogP contribution in [0.25, 0.3) is 0 Å². The minimum absolute atomic E-state index is 0.0665. The molecule has 3 heteroatoms. The van der Waals surface area contributed by atoms with Gasteiger partial charge in [-0.2, -0.15) is 0 Å².